The van der Waals surface area contributed by atoms with E-state index in [1.165, 1.54) is 0 Å². The highest BCUT2D eigenvalue weighted by Gasteiger charge is 2.03. The van der Waals surface area contributed by atoms with Gasteiger partial charge in [-0.15, -0.1) is 0 Å². The summed E-state index contributed by atoms with van der Waals surface area (Å²) in [6, 6.07) is 13.3. The van der Waals surface area contributed by atoms with Crippen molar-refractivity contribution in [2.45, 2.75) is 6.54 Å². The zero-order chi connectivity index (χ0) is 11.4. The molecule has 3 nitrogen and oxygen atoms in total. The summed E-state index contributed by atoms with van der Waals surface area (Å²) in [5.74, 6) is 0.360. The summed E-state index contributed by atoms with van der Waals surface area (Å²) in [7, 11) is 0. The van der Waals surface area contributed by atoms with E-state index in [4.69, 9.17) is 3.07 Å². The summed E-state index contributed by atoms with van der Waals surface area (Å²) in [6.07, 6.45) is 1.76. The molecule has 1 heterocycles. The Morgan fingerprint density at radius 3 is 2.56 bits per heavy atom. The first-order valence-electron chi connectivity index (χ1n) is 4.83. The molecule has 0 aliphatic carbocycles. The normalized spacial score (nSPS) is 10.1. The Bertz CT molecular complexity index is 522. The summed E-state index contributed by atoms with van der Waals surface area (Å²) < 4.78 is 6.59. The lowest BCUT2D eigenvalue weighted by Gasteiger charge is -2.06. The number of nitrogens with zero attached hydrogens (tertiary/aromatic N) is 1. The summed E-state index contributed by atoms with van der Waals surface area (Å²) in [6.45, 7) is 0.563. The fourth-order valence-corrected chi connectivity index (χ4v) is 1.81. The minimum atomic E-state index is -0.110. The van der Waals surface area contributed by atoms with Crippen LogP contribution < -0.4 is 8.63 Å². The SMILES string of the molecule is O=c1c(OI)cccn1Cc1ccccc1. The average molecular weight is 327 g/mol. The molecule has 0 amide bonds. The van der Waals surface area contributed by atoms with Crippen LogP contribution in [0.3, 0.4) is 0 Å². The molecule has 2 rings (SSSR count). The molecule has 0 spiro atoms. The Morgan fingerprint density at radius 2 is 1.88 bits per heavy atom. The number of pyridine rings is 1. The van der Waals surface area contributed by atoms with Crippen LogP contribution in [0.15, 0.2) is 53.5 Å². The molecular weight excluding hydrogens is 317 g/mol. The Labute approximate surface area is 107 Å². The maximum absolute atomic E-state index is 11.8. The van der Waals surface area contributed by atoms with E-state index < -0.39 is 0 Å². The average Bonchev–Trinajstić information content (AvgIpc) is 2.33. The van der Waals surface area contributed by atoms with Crippen molar-refractivity contribution in [3.8, 4) is 5.75 Å². The minimum absolute atomic E-state index is 0.110. The van der Waals surface area contributed by atoms with Crippen molar-refractivity contribution < 1.29 is 3.07 Å². The van der Waals surface area contributed by atoms with Crippen LogP contribution in [-0.2, 0) is 6.54 Å². The maximum Gasteiger partial charge on any atom is 0.294 e. The molecule has 1 aromatic heterocycles. The predicted molar refractivity (Wildman–Crippen MR) is 70.9 cm³/mol. The molecule has 0 atom stereocenters. The van der Waals surface area contributed by atoms with Gasteiger partial charge >= 0.3 is 0 Å². The highest BCUT2D eigenvalue weighted by Crippen LogP contribution is 2.07. The van der Waals surface area contributed by atoms with Gasteiger partial charge in [0.1, 0.15) is 0 Å². The van der Waals surface area contributed by atoms with Gasteiger partial charge in [0.15, 0.2) is 28.8 Å². The summed E-state index contributed by atoms with van der Waals surface area (Å²) in [5, 5.41) is 0. The van der Waals surface area contributed by atoms with Crippen molar-refractivity contribution in [3.05, 3.63) is 64.6 Å². The fourth-order valence-electron chi connectivity index (χ4n) is 1.48. The second kappa shape index (κ2) is 5.16. The number of hydrogen-bond donors (Lipinski definition) is 0. The van der Waals surface area contributed by atoms with E-state index in [0.29, 0.717) is 12.3 Å². The highest BCUT2D eigenvalue weighted by molar-refractivity contribution is 14.1. The van der Waals surface area contributed by atoms with Gasteiger partial charge in [0, 0.05) is 6.20 Å². The lowest BCUT2D eigenvalue weighted by atomic mass is 10.2. The topological polar surface area (TPSA) is 31.2 Å². The zero-order valence-corrected chi connectivity index (χ0v) is 10.6. The Balaban J connectivity index is 2.32. The van der Waals surface area contributed by atoms with E-state index in [9.17, 15) is 4.79 Å². The molecule has 2 aromatic rings. The van der Waals surface area contributed by atoms with Crippen molar-refractivity contribution in [1.29, 1.82) is 0 Å². The largest absolute Gasteiger partial charge is 0.422 e. The fraction of sp³-hybridized carbons (Fsp3) is 0.0833. The third kappa shape index (κ3) is 2.44. The van der Waals surface area contributed by atoms with Gasteiger partial charge in [-0.3, -0.25) is 4.79 Å². The summed E-state index contributed by atoms with van der Waals surface area (Å²) >= 11 is 1.71. The molecule has 82 valence electrons. The molecule has 0 saturated carbocycles. The molecular formula is C12H10INO2. The monoisotopic (exact) mass is 327 g/mol. The van der Waals surface area contributed by atoms with Crippen molar-refractivity contribution in [3.63, 3.8) is 0 Å². The Hall–Kier alpha value is -1.30. The third-order valence-electron chi connectivity index (χ3n) is 2.26. The second-order valence-corrected chi connectivity index (χ2v) is 3.81. The smallest absolute Gasteiger partial charge is 0.294 e. The molecule has 16 heavy (non-hydrogen) atoms. The van der Waals surface area contributed by atoms with E-state index >= 15 is 0 Å². The maximum atomic E-state index is 11.8. The number of aromatic nitrogens is 1. The molecule has 0 bridgehead atoms. The van der Waals surface area contributed by atoms with Crippen molar-refractivity contribution >= 4 is 23.0 Å². The van der Waals surface area contributed by atoms with Crippen LogP contribution in [0.1, 0.15) is 5.56 Å². The molecule has 0 unspecified atom stereocenters. The van der Waals surface area contributed by atoms with Gasteiger partial charge in [0.25, 0.3) is 5.56 Å². The number of halogens is 1. The van der Waals surface area contributed by atoms with E-state index in [1.807, 2.05) is 30.3 Å². The van der Waals surface area contributed by atoms with Crippen LogP contribution in [0.25, 0.3) is 0 Å². The Morgan fingerprint density at radius 1 is 1.12 bits per heavy atom. The molecule has 0 aliphatic rings. The number of benzene rings is 1. The molecule has 0 N–H and O–H groups in total. The molecule has 4 heteroatoms. The molecule has 0 aliphatic heterocycles. The van der Waals surface area contributed by atoms with Crippen LogP contribution in [0.5, 0.6) is 5.75 Å². The molecule has 0 saturated heterocycles. The quantitative estimate of drug-likeness (QED) is 0.812. The van der Waals surface area contributed by atoms with Crippen LogP contribution in [0.4, 0.5) is 0 Å². The first-order valence-corrected chi connectivity index (χ1v) is 5.71. The van der Waals surface area contributed by atoms with Gasteiger partial charge in [0.2, 0.25) is 0 Å². The predicted octanol–water partition coefficient (Wildman–Crippen LogP) is 2.63. The first kappa shape index (κ1) is 11.2. The van der Waals surface area contributed by atoms with E-state index in [2.05, 4.69) is 0 Å². The van der Waals surface area contributed by atoms with Crippen molar-refractivity contribution in [2.24, 2.45) is 0 Å². The zero-order valence-electron chi connectivity index (χ0n) is 8.47. The van der Waals surface area contributed by atoms with Gasteiger partial charge in [-0.05, 0) is 17.7 Å². The van der Waals surface area contributed by atoms with Gasteiger partial charge in [-0.25, -0.2) is 0 Å². The van der Waals surface area contributed by atoms with Crippen LogP contribution >= 0.6 is 23.0 Å². The second-order valence-electron chi connectivity index (χ2n) is 3.37. The molecule has 0 fully saturated rings. The highest BCUT2D eigenvalue weighted by atomic mass is 127. The minimum Gasteiger partial charge on any atom is -0.422 e. The van der Waals surface area contributed by atoms with Gasteiger partial charge in [0.05, 0.1) is 6.54 Å². The van der Waals surface area contributed by atoms with E-state index in [0.717, 1.165) is 5.56 Å². The van der Waals surface area contributed by atoms with Crippen molar-refractivity contribution in [2.75, 3.05) is 0 Å². The summed E-state index contributed by atoms with van der Waals surface area (Å²) in [4.78, 5) is 11.8. The lowest BCUT2D eigenvalue weighted by Crippen LogP contribution is -2.20. The Kier molecular flexibility index (Phi) is 3.61. The molecule has 1 aromatic carbocycles. The van der Waals surface area contributed by atoms with Gasteiger partial charge < -0.3 is 7.63 Å². The number of hydrogen-bond acceptors (Lipinski definition) is 2. The van der Waals surface area contributed by atoms with Gasteiger partial charge in [-0.2, -0.15) is 0 Å². The standard InChI is InChI=1S/C12H10INO2/c13-16-11-7-4-8-14(12(11)15)9-10-5-2-1-3-6-10/h1-8H,9H2. The van der Waals surface area contributed by atoms with E-state index in [-0.39, 0.29) is 5.56 Å². The van der Waals surface area contributed by atoms with Crippen LogP contribution in [-0.4, -0.2) is 4.57 Å². The third-order valence-corrected chi connectivity index (χ3v) is 2.74. The lowest BCUT2D eigenvalue weighted by molar-refractivity contribution is 0.659. The van der Waals surface area contributed by atoms with Crippen LogP contribution in [0, 0.1) is 0 Å². The number of rotatable bonds is 3. The summed E-state index contributed by atoms with van der Waals surface area (Å²) in [5.41, 5.74) is 0.982. The van der Waals surface area contributed by atoms with E-state index in [1.54, 1.807) is 45.9 Å². The van der Waals surface area contributed by atoms with Gasteiger partial charge in [-0.1, -0.05) is 30.3 Å². The molecule has 0 radical (unpaired) electrons. The first-order chi connectivity index (χ1) is 7.81. The van der Waals surface area contributed by atoms with Crippen LogP contribution in [0.2, 0.25) is 0 Å². The van der Waals surface area contributed by atoms with Crippen molar-refractivity contribution in [1.82, 2.24) is 4.57 Å².